The molecule has 1 aromatic rings. The van der Waals surface area contributed by atoms with Gasteiger partial charge in [-0.05, 0) is 62.2 Å². The second-order valence-electron chi connectivity index (χ2n) is 8.56. The molecular formula is C22H34N4O. The van der Waals surface area contributed by atoms with Crippen molar-refractivity contribution < 1.29 is 4.74 Å². The zero-order valence-corrected chi connectivity index (χ0v) is 16.8. The molecule has 5 nitrogen and oxygen atoms in total. The molecule has 2 N–H and O–H groups in total. The molecule has 3 aliphatic heterocycles. The van der Waals surface area contributed by atoms with E-state index in [4.69, 9.17) is 4.74 Å². The van der Waals surface area contributed by atoms with E-state index >= 15 is 0 Å². The van der Waals surface area contributed by atoms with Gasteiger partial charge in [0.05, 0.1) is 18.2 Å². The molecular weight excluding hydrogens is 336 g/mol. The second kappa shape index (κ2) is 8.61. The highest BCUT2D eigenvalue weighted by atomic mass is 16.5. The Morgan fingerprint density at radius 3 is 2.48 bits per heavy atom. The maximum Gasteiger partial charge on any atom is 0.191 e. The number of hydrogen-bond acceptors (Lipinski definition) is 3. The van der Waals surface area contributed by atoms with Crippen molar-refractivity contribution in [3.63, 3.8) is 0 Å². The minimum Gasteiger partial charge on any atom is -0.373 e. The molecule has 0 aromatic heterocycles. The molecule has 3 saturated heterocycles. The summed E-state index contributed by atoms with van der Waals surface area (Å²) in [6, 6.07) is 9.43. The van der Waals surface area contributed by atoms with Crippen molar-refractivity contribution >= 4 is 5.96 Å². The number of aliphatic imine (C=N–C) groups is 1. The molecule has 3 unspecified atom stereocenters. The minimum atomic E-state index is 0.366. The van der Waals surface area contributed by atoms with Crippen LogP contribution in [0.3, 0.4) is 0 Å². The zero-order chi connectivity index (χ0) is 18.6. The number of nitrogens with zero attached hydrogens (tertiary/aromatic N) is 2. The fourth-order valence-corrected chi connectivity index (χ4v) is 4.59. The van der Waals surface area contributed by atoms with Crippen LogP contribution in [0, 0.1) is 5.92 Å². The molecule has 3 aliphatic rings. The standard InChI is InChI=1S/C22H34N4O/c1-16-9-11-26(12-10-16)15-18-5-3-17(4-6-18)14-24-22(23-2)25-20-13-19-7-8-21(20)27-19/h3-6,16,19-21H,7-15H2,1-2H3,(H2,23,24,25). The summed E-state index contributed by atoms with van der Waals surface area (Å²) in [5, 5.41) is 6.99. The number of hydrogen-bond donors (Lipinski definition) is 2. The van der Waals surface area contributed by atoms with Crippen molar-refractivity contribution in [3.8, 4) is 0 Å². The number of ether oxygens (including phenoxy) is 1. The smallest absolute Gasteiger partial charge is 0.191 e. The molecule has 148 valence electrons. The largest absolute Gasteiger partial charge is 0.373 e. The van der Waals surface area contributed by atoms with Gasteiger partial charge in [-0.3, -0.25) is 9.89 Å². The lowest BCUT2D eigenvalue weighted by Gasteiger charge is -2.30. The van der Waals surface area contributed by atoms with Gasteiger partial charge in [0.1, 0.15) is 0 Å². The quantitative estimate of drug-likeness (QED) is 0.618. The molecule has 27 heavy (non-hydrogen) atoms. The predicted molar refractivity (Wildman–Crippen MR) is 110 cm³/mol. The highest BCUT2D eigenvalue weighted by molar-refractivity contribution is 5.80. The Hall–Kier alpha value is -1.59. The maximum atomic E-state index is 5.93. The first-order valence-corrected chi connectivity index (χ1v) is 10.6. The van der Waals surface area contributed by atoms with Gasteiger partial charge in [0, 0.05) is 20.1 Å². The number of rotatable bonds is 5. The summed E-state index contributed by atoms with van der Waals surface area (Å²) in [5.74, 6) is 1.77. The molecule has 0 aliphatic carbocycles. The number of piperidine rings is 1. The van der Waals surface area contributed by atoms with Crippen molar-refractivity contribution in [1.29, 1.82) is 0 Å². The van der Waals surface area contributed by atoms with E-state index in [0.29, 0.717) is 18.2 Å². The lowest BCUT2D eigenvalue weighted by molar-refractivity contribution is 0.0992. The zero-order valence-electron chi connectivity index (χ0n) is 16.8. The van der Waals surface area contributed by atoms with E-state index in [9.17, 15) is 0 Å². The molecule has 0 amide bonds. The Kier molecular flexibility index (Phi) is 5.98. The van der Waals surface area contributed by atoms with Crippen LogP contribution >= 0.6 is 0 Å². The van der Waals surface area contributed by atoms with E-state index in [0.717, 1.165) is 31.4 Å². The van der Waals surface area contributed by atoms with Gasteiger partial charge >= 0.3 is 0 Å². The van der Waals surface area contributed by atoms with Crippen molar-refractivity contribution in [2.24, 2.45) is 10.9 Å². The highest BCUT2D eigenvalue weighted by Gasteiger charge is 2.41. The molecule has 5 heteroatoms. The van der Waals surface area contributed by atoms with Crippen LogP contribution in [0.1, 0.15) is 50.2 Å². The topological polar surface area (TPSA) is 48.9 Å². The first-order valence-electron chi connectivity index (χ1n) is 10.6. The van der Waals surface area contributed by atoms with E-state index in [-0.39, 0.29) is 0 Å². The summed E-state index contributed by atoms with van der Waals surface area (Å²) in [4.78, 5) is 6.96. The third kappa shape index (κ3) is 4.82. The third-order valence-electron chi connectivity index (χ3n) is 6.42. The summed E-state index contributed by atoms with van der Waals surface area (Å²) >= 11 is 0. The molecule has 2 bridgehead atoms. The molecule has 0 saturated carbocycles. The van der Waals surface area contributed by atoms with Crippen LogP contribution in [0.2, 0.25) is 0 Å². The van der Waals surface area contributed by atoms with E-state index in [1.807, 2.05) is 7.05 Å². The third-order valence-corrected chi connectivity index (χ3v) is 6.42. The van der Waals surface area contributed by atoms with Crippen LogP contribution < -0.4 is 10.6 Å². The van der Waals surface area contributed by atoms with Gasteiger partial charge in [-0.25, -0.2) is 0 Å². The Morgan fingerprint density at radius 2 is 1.85 bits per heavy atom. The van der Waals surface area contributed by atoms with Gasteiger partial charge in [-0.2, -0.15) is 0 Å². The number of benzene rings is 1. The Labute approximate surface area is 163 Å². The maximum absolute atomic E-state index is 5.93. The molecule has 3 fully saturated rings. The molecule has 0 spiro atoms. The van der Waals surface area contributed by atoms with Crippen LogP contribution in [0.15, 0.2) is 29.3 Å². The number of guanidine groups is 1. The average Bonchev–Trinajstić information content (AvgIpc) is 3.31. The molecule has 0 radical (unpaired) electrons. The normalized spacial score (nSPS) is 29.3. The Morgan fingerprint density at radius 1 is 1.11 bits per heavy atom. The Bertz CT molecular complexity index is 636. The molecule has 4 rings (SSSR count). The summed E-state index contributed by atoms with van der Waals surface area (Å²) in [6.45, 7) is 6.71. The van der Waals surface area contributed by atoms with Gasteiger partial charge < -0.3 is 15.4 Å². The average molecular weight is 371 g/mol. The van der Waals surface area contributed by atoms with Gasteiger partial charge in [-0.15, -0.1) is 0 Å². The minimum absolute atomic E-state index is 0.366. The van der Waals surface area contributed by atoms with Crippen molar-refractivity contribution in [2.75, 3.05) is 20.1 Å². The van der Waals surface area contributed by atoms with Gasteiger partial charge in [0.2, 0.25) is 0 Å². The van der Waals surface area contributed by atoms with Gasteiger partial charge in [0.15, 0.2) is 5.96 Å². The Balaban J connectivity index is 1.23. The molecule has 3 heterocycles. The van der Waals surface area contributed by atoms with E-state index in [1.54, 1.807) is 0 Å². The summed E-state index contributed by atoms with van der Waals surface area (Å²) < 4.78 is 5.93. The number of fused-ring (bicyclic) bond motifs is 2. The number of nitrogens with one attached hydrogen (secondary N) is 2. The summed E-state index contributed by atoms with van der Waals surface area (Å²) in [6.07, 6.45) is 7.00. The fraction of sp³-hybridized carbons (Fsp3) is 0.682. The van der Waals surface area contributed by atoms with Crippen molar-refractivity contribution in [2.45, 2.75) is 70.4 Å². The summed E-state index contributed by atoms with van der Waals surface area (Å²) in [7, 11) is 1.84. The molecule has 3 atom stereocenters. The van der Waals surface area contributed by atoms with Crippen LogP contribution in [-0.2, 0) is 17.8 Å². The monoisotopic (exact) mass is 370 g/mol. The first kappa shape index (κ1) is 18.8. The SMILES string of the molecule is CN=C(NCc1ccc(CN2CCC(C)CC2)cc1)NC1CC2CCC1O2. The van der Waals surface area contributed by atoms with E-state index < -0.39 is 0 Å². The fourth-order valence-electron chi connectivity index (χ4n) is 4.59. The predicted octanol–water partition coefficient (Wildman–Crippen LogP) is 2.90. The van der Waals surface area contributed by atoms with Crippen molar-refractivity contribution in [1.82, 2.24) is 15.5 Å². The number of likely N-dealkylation sites (tertiary alicyclic amines) is 1. The van der Waals surface area contributed by atoms with Crippen molar-refractivity contribution in [3.05, 3.63) is 35.4 Å². The van der Waals surface area contributed by atoms with Crippen LogP contribution in [-0.4, -0.2) is 49.2 Å². The van der Waals surface area contributed by atoms with Crippen LogP contribution in [0.5, 0.6) is 0 Å². The van der Waals surface area contributed by atoms with Crippen LogP contribution in [0.4, 0.5) is 0 Å². The lowest BCUT2D eigenvalue weighted by atomic mass is 9.96. The van der Waals surface area contributed by atoms with Gasteiger partial charge in [0.25, 0.3) is 0 Å². The second-order valence-corrected chi connectivity index (χ2v) is 8.56. The lowest BCUT2D eigenvalue weighted by Crippen LogP contribution is -2.47. The van der Waals surface area contributed by atoms with Gasteiger partial charge in [-0.1, -0.05) is 31.2 Å². The van der Waals surface area contributed by atoms with E-state index in [1.165, 1.54) is 49.9 Å². The first-order chi connectivity index (χ1) is 13.2. The highest BCUT2D eigenvalue weighted by Crippen LogP contribution is 2.34. The van der Waals surface area contributed by atoms with Crippen LogP contribution in [0.25, 0.3) is 0 Å². The van der Waals surface area contributed by atoms with E-state index in [2.05, 4.69) is 51.7 Å². The summed E-state index contributed by atoms with van der Waals surface area (Å²) in [5.41, 5.74) is 2.70. The molecule has 1 aromatic carbocycles.